The summed E-state index contributed by atoms with van der Waals surface area (Å²) in [5.74, 6) is 1.66. The lowest BCUT2D eigenvalue weighted by Gasteiger charge is -2.60. The van der Waals surface area contributed by atoms with Crippen molar-refractivity contribution >= 4 is 17.5 Å². The summed E-state index contributed by atoms with van der Waals surface area (Å²) in [6.45, 7) is 14.9. The first-order valence-electron chi connectivity index (χ1n) is 14.2. The summed E-state index contributed by atoms with van der Waals surface area (Å²) in [5.41, 5.74) is -0.318. The topological polar surface area (TPSA) is 72.9 Å². The maximum atomic E-state index is 13.9. The molecule has 0 aliphatic heterocycles. The molecule has 0 unspecified atom stereocenters. The Morgan fingerprint density at radius 3 is 2.34 bits per heavy atom. The highest BCUT2D eigenvalue weighted by Crippen LogP contribution is 2.66. The Labute approximate surface area is 211 Å². The van der Waals surface area contributed by atoms with E-state index in [0.29, 0.717) is 43.1 Å². The Bertz CT molecular complexity index is 824. The van der Waals surface area contributed by atoms with Gasteiger partial charge in [0, 0.05) is 24.9 Å². The zero-order chi connectivity index (χ0) is 25.5. The molecule has 198 valence electrons. The van der Waals surface area contributed by atoms with Gasteiger partial charge in [-0.05, 0) is 94.0 Å². The van der Waals surface area contributed by atoms with Crippen LogP contribution in [0.25, 0.3) is 0 Å². The third-order valence-electron chi connectivity index (χ3n) is 10.7. The van der Waals surface area contributed by atoms with Crippen molar-refractivity contribution in [3.63, 3.8) is 0 Å². The summed E-state index contributed by atoms with van der Waals surface area (Å²) in [5, 5.41) is 0. The Balaban J connectivity index is 1.55. The number of carbonyl (C=O) groups is 3. The predicted molar refractivity (Wildman–Crippen MR) is 135 cm³/mol. The lowest BCUT2D eigenvalue weighted by atomic mass is 9.44. The van der Waals surface area contributed by atoms with Crippen LogP contribution < -0.4 is 0 Å². The fourth-order valence-corrected chi connectivity index (χ4v) is 9.07. The van der Waals surface area contributed by atoms with E-state index in [9.17, 15) is 14.4 Å². The second kappa shape index (κ2) is 10.2. The summed E-state index contributed by atoms with van der Waals surface area (Å²) >= 11 is 0. The zero-order valence-electron chi connectivity index (χ0n) is 22.8. The van der Waals surface area contributed by atoms with Crippen molar-refractivity contribution in [2.24, 2.45) is 40.4 Å². The highest BCUT2D eigenvalue weighted by molar-refractivity contribution is 5.87. The van der Waals surface area contributed by atoms with Gasteiger partial charge in [-0.3, -0.25) is 19.3 Å². The molecule has 6 nitrogen and oxygen atoms in total. The summed E-state index contributed by atoms with van der Waals surface area (Å²) in [7, 11) is 0. The van der Waals surface area contributed by atoms with Gasteiger partial charge in [-0.15, -0.1) is 0 Å². The van der Waals surface area contributed by atoms with Gasteiger partial charge in [0.05, 0.1) is 12.6 Å². The first kappa shape index (κ1) is 26.8. The zero-order valence-corrected chi connectivity index (χ0v) is 22.8. The molecule has 4 fully saturated rings. The number of Topliss-reactive ketones (excluding diaryl/α,β-unsaturated/α-hetero) is 2. The Kier molecular flexibility index (Phi) is 7.84. The molecule has 0 N–H and O–H groups in total. The number of ether oxygens (including phenoxy) is 2. The lowest BCUT2D eigenvalue weighted by molar-refractivity contribution is -0.193. The Hall–Kier alpha value is -1.27. The van der Waals surface area contributed by atoms with Crippen LogP contribution in [0.1, 0.15) is 86.5 Å². The van der Waals surface area contributed by atoms with Gasteiger partial charge in [-0.25, -0.2) is 0 Å². The molecule has 0 spiro atoms. The Morgan fingerprint density at radius 1 is 1.00 bits per heavy atom. The van der Waals surface area contributed by atoms with Gasteiger partial charge in [0.2, 0.25) is 0 Å². The van der Waals surface area contributed by atoms with Crippen LogP contribution in [0, 0.1) is 40.4 Å². The van der Waals surface area contributed by atoms with E-state index in [1.807, 2.05) is 6.92 Å². The van der Waals surface area contributed by atoms with Gasteiger partial charge in [0.25, 0.3) is 0 Å². The molecule has 0 aromatic heterocycles. The van der Waals surface area contributed by atoms with Crippen LogP contribution in [0.15, 0.2) is 0 Å². The predicted octanol–water partition coefficient (Wildman–Crippen LogP) is 4.68. The number of hydrogen-bond acceptors (Lipinski definition) is 6. The van der Waals surface area contributed by atoms with Crippen LogP contribution in [0.2, 0.25) is 0 Å². The monoisotopic (exact) mass is 489 g/mol. The van der Waals surface area contributed by atoms with Crippen LogP contribution in [-0.4, -0.2) is 60.9 Å². The van der Waals surface area contributed by atoms with Gasteiger partial charge in [0.1, 0.15) is 17.7 Å². The fraction of sp³-hybridized carbons (Fsp3) is 0.897. The Morgan fingerprint density at radius 2 is 1.71 bits per heavy atom. The van der Waals surface area contributed by atoms with Gasteiger partial charge >= 0.3 is 5.97 Å². The number of rotatable bonds is 8. The van der Waals surface area contributed by atoms with Crippen LogP contribution in [0.3, 0.4) is 0 Å². The first-order chi connectivity index (χ1) is 16.6. The lowest BCUT2D eigenvalue weighted by Crippen LogP contribution is -2.60. The van der Waals surface area contributed by atoms with E-state index in [2.05, 4.69) is 32.6 Å². The molecule has 4 rings (SSSR count). The van der Waals surface area contributed by atoms with Crippen LogP contribution in [0.4, 0.5) is 0 Å². The molecule has 6 heteroatoms. The maximum Gasteiger partial charge on any atom is 0.320 e. The van der Waals surface area contributed by atoms with Gasteiger partial charge in [-0.2, -0.15) is 0 Å². The fourth-order valence-electron chi connectivity index (χ4n) is 9.07. The smallest absolute Gasteiger partial charge is 0.320 e. The standard InChI is InChI=1S/C29H47NO5/c1-7-30(8-2)17-26(33)35-24-14-19-10-11-20-22-13-12-21(18(4)31)29(22,6)15-23(32)27(20)28(19,5)16-25(24)34-9-3/h19-22,24-25,27H,7-17H2,1-6H3/t19-,20-,21+,22-,24-,25-,27+,28-,29+/m0/s1. The number of fused-ring (bicyclic) bond motifs is 5. The van der Waals surface area contributed by atoms with Gasteiger partial charge < -0.3 is 9.47 Å². The number of hydrogen-bond donors (Lipinski definition) is 0. The second-order valence-electron chi connectivity index (χ2n) is 12.3. The quantitative estimate of drug-likeness (QED) is 0.461. The molecular formula is C29H47NO5. The largest absolute Gasteiger partial charge is 0.459 e. The first-order valence-corrected chi connectivity index (χ1v) is 14.2. The SMILES string of the molecule is CCO[C@H]1C[C@@]2(C)[C@@H](CC[C@H]3[C@@H]4CC[C@H](C(C)=O)[C@@]4(C)CC(=O)[C@@H]32)C[C@@H]1OC(=O)CN(CC)CC. The van der Waals surface area contributed by atoms with Crippen molar-refractivity contribution in [3.8, 4) is 0 Å². The molecule has 4 aliphatic carbocycles. The number of carbonyl (C=O) groups excluding carboxylic acids is 3. The van der Waals surface area contributed by atoms with Crippen molar-refractivity contribution in [1.82, 2.24) is 4.90 Å². The minimum absolute atomic E-state index is 0.0278. The minimum Gasteiger partial charge on any atom is -0.459 e. The van der Waals surface area contributed by atoms with E-state index in [4.69, 9.17) is 9.47 Å². The summed E-state index contributed by atoms with van der Waals surface area (Å²) < 4.78 is 12.2. The van der Waals surface area contributed by atoms with E-state index < -0.39 is 0 Å². The average Bonchev–Trinajstić information content (AvgIpc) is 3.14. The van der Waals surface area contributed by atoms with Crippen molar-refractivity contribution in [1.29, 1.82) is 0 Å². The molecule has 0 aromatic rings. The minimum atomic E-state index is -0.245. The number of likely N-dealkylation sites (N-methyl/N-ethyl adjacent to an activating group) is 1. The average molecular weight is 490 g/mol. The van der Waals surface area contributed by atoms with Crippen molar-refractivity contribution in [2.45, 2.75) is 98.7 Å². The third-order valence-corrected chi connectivity index (χ3v) is 10.7. The second-order valence-corrected chi connectivity index (χ2v) is 12.3. The van der Waals surface area contributed by atoms with E-state index in [1.165, 1.54) is 0 Å². The molecule has 0 saturated heterocycles. The molecule has 0 heterocycles. The summed E-state index contributed by atoms with van der Waals surface area (Å²) in [6, 6.07) is 0. The van der Waals surface area contributed by atoms with E-state index in [1.54, 1.807) is 6.92 Å². The normalized spacial score (nSPS) is 42.8. The number of esters is 1. The van der Waals surface area contributed by atoms with Gasteiger partial charge in [-0.1, -0.05) is 27.7 Å². The molecule has 35 heavy (non-hydrogen) atoms. The number of nitrogens with zero attached hydrogens (tertiary/aromatic N) is 1. The van der Waals surface area contributed by atoms with Crippen LogP contribution in [-0.2, 0) is 23.9 Å². The third kappa shape index (κ3) is 4.63. The number of ketones is 2. The molecular weight excluding hydrogens is 442 g/mol. The van der Waals surface area contributed by atoms with E-state index >= 15 is 0 Å². The van der Waals surface area contributed by atoms with Gasteiger partial charge in [0.15, 0.2) is 0 Å². The molecule has 4 saturated carbocycles. The van der Waals surface area contributed by atoms with Crippen molar-refractivity contribution in [3.05, 3.63) is 0 Å². The molecule has 0 radical (unpaired) electrons. The van der Waals surface area contributed by atoms with Crippen molar-refractivity contribution < 1.29 is 23.9 Å². The van der Waals surface area contributed by atoms with E-state index in [0.717, 1.165) is 51.6 Å². The van der Waals surface area contributed by atoms with Crippen LogP contribution in [0.5, 0.6) is 0 Å². The molecule has 4 aliphatic rings. The highest BCUT2D eigenvalue weighted by atomic mass is 16.6. The van der Waals surface area contributed by atoms with Crippen molar-refractivity contribution in [2.75, 3.05) is 26.2 Å². The molecule has 0 aromatic carbocycles. The summed E-state index contributed by atoms with van der Waals surface area (Å²) in [4.78, 5) is 41.1. The van der Waals surface area contributed by atoms with Crippen LogP contribution >= 0.6 is 0 Å². The molecule has 0 amide bonds. The maximum absolute atomic E-state index is 13.9. The van der Waals surface area contributed by atoms with E-state index in [-0.39, 0.29) is 46.6 Å². The highest BCUT2D eigenvalue weighted by Gasteiger charge is 2.65. The molecule has 9 atom stereocenters. The summed E-state index contributed by atoms with van der Waals surface area (Å²) in [6.07, 6.45) is 5.76. The molecule has 0 bridgehead atoms.